The fraction of sp³-hybridized carbons (Fsp3) is 0.455. The van der Waals surface area contributed by atoms with E-state index in [1.807, 2.05) is 0 Å². The number of benzene rings is 1. The SMILES string of the molecule is FC(F)(F)Oc1ccc(N2CCCC2)cc1. The zero-order valence-electron chi connectivity index (χ0n) is 8.63. The van der Waals surface area contributed by atoms with Crippen molar-refractivity contribution >= 4 is 5.69 Å². The molecule has 0 bridgehead atoms. The van der Waals surface area contributed by atoms with Gasteiger partial charge in [0, 0.05) is 18.8 Å². The lowest BCUT2D eigenvalue weighted by Gasteiger charge is -2.18. The molecular weight excluding hydrogens is 219 g/mol. The van der Waals surface area contributed by atoms with E-state index in [1.165, 1.54) is 12.1 Å². The average molecular weight is 231 g/mol. The summed E-state index contributed by atoms with van der Waals surface area (Å²) in [5.41, 5.74) is 0.951. The van der Waals surface area contributed by atoms with Crippen molar-refractivity contribution in [2.75, 3.05) is 18.0 Å². The maximum Gasteiger partial charge on any atom is 0.573 e. The van der Waals surface area contributed by atoms with Crippen LogP contribution in [0.15, 0.2) is 24.3 Å². The molecule has 16 heavy (non-hydrogen) atoms. The first-order valence-corrected chi connectivity index (χ1v) is 5.15. The summed E-state index contributed by atoms with van der Waals surface area (Å²) < 4.78 is 39.5. The Balaban J connectivity index is 2.04. The zero-order chi connectivity index (χ0) is 11.6. The molecule has 1 aromatic carbocycles. The normalized spacial score (nSPS) is 16.6. The van der Waals surface area contributed by atoms with Crippen molar-refractivity contribution in [3.05, 3.63) is 24.3 Å². The second kappa shape index (κ2) is 4.23. The van der Waals surface area contributed by atoms with Crippen molar-refractivity contribution in [2.24, 2.45) is 0 Å². The summed E-state index contributed by atoms with van der Waals surface area (Å²) in [7, 11) is 0. The van der Waals surface area contributed by atoms with Gasteiger partial charge in [-0.25, -0.2) is 0 Å². The third kappa shape index (κ3) is 2.81. The smallest absolute Gasteiger partial charge is 0.406 e. The predicted molar refractivity (Wildman–Crippen MR) is 54.6 cm³/mol. The molecule has 88 valence electrons. The van der Waals surface area contributed by atoms with Gasteiger partial charge in [-0.1, -0.05) is 0 Å². The maximum absolute atomic E-state index is 11.9. The Morgan fingerprint density at radius 2 is 1.56 bits per heavy atom. The third-order valence-corrected chi connectivity index (χ3v) is 2.54. The number of anilines is 1. The van der Waals surface area contributed by atoms with E-state index in [4.69, 9.17) is 0 Å². The van der Waals surface area contributed by atoms with Crippen LogP contribution in [-0.2, 0) is 0 Å². The Morgan fingerprint density at radius 1 is 1.00 bits per heavy atom. The number of halogens is 3. The second-order valence-electron chi connectivity index (χ2n) is 3.74. The van der Waals surface area contributed by atoms with Gasteiger partial charge in [0.05, 0.1) is 0 Å². The summed E-state index contributed by atoms with van der Waals surface area (Å²) in [6.07, 6.45) is -2.34. The van der Waals surface area contributed by atoms with E-state index in [-0.39, 0.29) is 5.75 Å². The topological polar surface area (TPSA) is 12.5 Å². The Morgan fingerprint density at radius 3 is 2.06 bits per heavy atom. The van der Waals surface area contributed by atoms with E-state index < -0.39 is 6.36 Å². The molecule has 1 fully saturated rings. The van der Waals surface area contributed by atoms with E-state index in [0.29, 0.717) is 0 Å². The molecule has 0 N–H and O–H groups in total. The summed E-state index contributed by atoms with van der Waals surface area (Å²) in [6.45, 7) is 1.94. The minimum atomic E-state index is -4.62. The van der Waals surface area contributed by atoms with Crippen molar-refractivity contribution in [3.8, 4) is 5.75 Å². The molecule has 1 aliphatic rings. The molecule has 0 saturated carbocycles. The van der Waals surface area contributed by atoms with Crippen LogP contribution in [0.25, 0.3) is 0 Å². The van der Waals surface area contributed by atoms with Crippen LogP contribution in [0.5, 0.6) is 5.75 Å². The minimum absolute atomic E-state index is 0.171. The Hall–Kier alpha value is -1.39. The van der Waals surface area contributed by atoms with Gasteiger partial charge in [0.1, 0.15) is 5.75 Å². The molecule has 0 radical (unpaired) electrons. The third-order valence-electron chi connectivity index (χ3n) is 2.54. The van der Waals surface area contributed by atoms with Crippen LogP contribution in [-0.4, -0.2) is 19.5 Å². The largest absolute Gasteiger partial charge is 0.573 e. The van der Waals surface area contributed by atoms with Crippen LogP contribution in [0.3, 0.4) is 0 Å². The summed E-state index contributed by atoms with van der Waals surface area (Å²) in [4.78, 5) is 2.15. The fourth-order valence-corrected chi connectivity index (χ4v) is 1.83. The molecule has 0 unspecified atom stereocenters. The van der Waals surface area contributed by atoms with E-state index in [0.717, 1.165) is 31.6 Å². The van der Waals surface area contributed by atoms with Crippen molar-refractivity contribution in [1.29, 1.82) is 0 Å². The maximum atomic E-state index is 11.9. The predicted octanol–water partition coefficient (Wildman–Crippen LogP) is 3.19. The first-order valence-electron chi connectivity index (χ1n) is 5.15. The molecule has 0 atom stereocenters. The highest BCUT2D eigenvalue weighted by atomic mass is 19.4. The number of hydrogen-bond donors (Lipinski definition) is 0. The van der Waals surface area contributed by atoms with Gasteiger partial charge in [-0.05, 0) is 37.1 Å². The van der Waals surface area contributed by atoms with E-state index in [9.17, 15) is 13.2 Å². The van der Waals surface area contributed by atoms with Crippen LogP contribution in [0.1, 0.15) is 12.8 Å². The van der Waals surface area contributed by atoms with Gasteiger partial charge in [0.25, 0.3) is 0 Å². The lowest BCUT2D eigenvalue weighted by atomic mass is 10.3. The molecule has 2 nitrogen and oxygen atoms in total. The lowest BCUT2D eigenvalue weighted by Crippen LogP contribution is -2.18. The first kappa shape index (κ1) is 11.1. The molecule has 2 rings (SSSR count). The molecule has 0 spiro atoms. The van der Waals surface area contributed by atoms with Gasteiger partial charge >= 0.3 is 6.36 Å². The second-order valence-corrected chi connectivity index (χ2v) is 3.74. The number of alkyl halides is 3. The summed E-state index contributed by atoms with van der Waals surface area (Å²) in [5, 5.41) is 0. The van der Waals surface area contributed by atoms with E-state index >= 15 is 0 Å². The molecule has 1 saturated heterocycles. The number of hydrogen-bond acceptors (Lipinski definition) is 2. The van der Waals surface area contributed by atoms with Crippen molar-refractivity contribution in [1.82, 2.24) is 0 Å². The van der Waals surface area contributed by atoms with Crippen molar-refractivity contribution in [3.63, 3.8) is 0 Å². The van der Waals surface area contributed by atoms with Crippen LogP contribution in [0, 0.1) is 0 Å². The summed E-state index contributed by atoms with van der Waals surface area (Å²) in [6, 6.07) is 6.01. The fourth-order valence-electron chi connectivity index (χ4n) is 1.83. The molecule has 5 heteroatoms. The lowest BCUT2D eigenvalue weighted by molar-refractivity contribution is -0.274. The van der Waals surface area contributed by atoms with Gasteiger partial charge in [-0.3, -0.25) is 0 Å². The van der Waals surface area contributed by atoms with Gasteiger partial charge in [-0.2, -0.15) is 0 Å². The highest BCUT2D eigenvalue weighted by molar-refractivity contribution is 5.49. The van der Waals surface area contributed by atoms with E-state index in [1.54, 1.807) is 12.1 Å². The average Bonchev–Trinajstić information content (AvgIpc) is 2.69. The van der Waals surface area contributed by atoms with Crippen molar-refractivity contribution < 1.29 is 17.9 Å². The molecule has 1 aliphatic heterocycles. The van der Waals surface area contributed by atoms with Gasteiger partial charge in [-0.15, -0.1) is 13.2 Å². The molecule has 0 amide bonds. The van der Waals surface area contributed by atoms with Crippen LogP contribution in [0.2, 0.25) is 0 Å². The minimum Gasteiger partial charge on any atom is -0.406 e. The van der Waals surface area contributed by atoms with Gasteiger partial charge < -0.3 is 9.64 Å². The molecular formula is C11H12F3NO. The summed E-state index contributed by atoms with van der Waals surface area (Å²) >= 11 is 0. The molecule has 0 aliphatic carbocycles. The standard InChI is InChI=1S/C11H12F3NO/c12-11(13,14)16-10-5-3-9(4-6-10)15-7-1-2-8-15/h3-6H,1-2,7-8H2. The Bertz CT molecular complexity index is 341. The van der Waals surface area contributed by atoms with Crippen molar-refractivity contribution in [2.45, 2.75) is 19.2 Å². The Kier molecular flexibility index (Phi) is 2.94. The molecule has 1 aromatic rings. The molecule has 1 heterocycles. The zero-order valence-corrected chi connectivity index (χ0v) is 8.63. The first-order chi connectivity index (χ1) is 7.54. The highest BCUT2D eigenvalue weighted by Gasteiger charge is 2.31. The van der Waals surface area contributed by atoms with E-state index in [2.05, 4.69) is 9.64 Å². The van der Waals surface area contributed by atoms with Gasteiger partial charge in [0.15, 0.2) is 0 Å². The Labute approximate surface area is 91.6 Å². The highest BCUT2D eigenvalue weighted by Crippen LogP contribution is 2.26. The number of nitrogens with zero attached hydrogens (tertiary/aromatic N) is 1. The summed E-state index contributed by atoms with van der Waals surface area (Å²) in [5.74, 6) is -0.171. The van der Waals surface area contributed by atoms with Crippen LogP contribution >= 0.6 is 0 Å². The van der Waals surface area contributed by atoms with Crippen LogP contribution < -0.4 is 9.64 Å². The number of ether oxygens (including phenoxy) is 1. The monoisotopic (exact) mass is 231 g/mol. The van der Waals surface area contributed by atoms with Gasteiger partial charge in [0.2, 0.25) is 0 Å². The number of rotatable bonds is 2. The molecule has 0 aromatic heterocycles. The van der Waals surface area contributed by atoms with Crippen LogP contribution in [0.4, 0.5) is 18.9 Å². The quantitative estimate of drug-likeness (QED) is 0.775.